The van der Waals surface area contributed by atoms with Gasteiger partial charge < -0.3 is 89.9 Å². The molecule has 368 valence electrons. The molecule has 12 N–H and O–H groups in total. The molecule has 0 bridgehead atoms. The van der Waals surface area contributed by atoms with Crippen LogP contribution in [0.3, 0.4) is 0 Å². The molecule has 0 saturated carbocycles. The minimum Gasteiger partial charge on any atom is -0.394 e. The van der Waals surface area contributed by atoms with Gasteiger partial charge in [-0.25, -0.2) is 0 Å². The molecule has 0 aliphatic carbocycles. The van der Waals surface area contributed by atoms with Crippen LogP contribution < -0.4 is 5.32 Å². The second-order valence-corrected chi connectivity index (χ2v) is 16.9. The Morgan fingerprint density at radius 3 is 1.59 bits per heavy atom. The smallest absolute Gasteiger partial charge is 0.220 e. The number of ether oxygens (including phenoxy) is 6. The third kappa shape index (κ3) is 17.8. The normalized spacial score (nSPS) is 35.0. The van der Waals surface area contributed by atoms with E-state index in [4.69, 9.17) is 28.4 Å². The minimum absolute atomic E-state index is 0.235. The lowest BCUT2D eigenvalue weighted by molar-refractivity contribution is -0.379. The Morgan fingerprint density at radius 1 is 0.556 bits per heavy atom. The molecule has 3 rings (SSSR count). The van der Waals surface area contributed by atoms with Crippen molar-refractivity contribution in [2.75, 3.05) is 26.4 Å². The average Bonchev–Trinajstić information content (AvgIpc) is 3.28. The van der Waals surface area contributed by atoms with Crippen LogP contribution in [0.5, 0.6) is 0 Å². The lowest BCUT2D eigenvalue weighted by Crippen LogP contribution is -2.66. The zero-order valence-corrected chi connectivity index (χ0v) is 37.0. The average molecular weight is 910 g/mol. The van der Waals surface area contributed by atoms with Gasteiger partial charge in [0, 0.05) is 6.42 Å². The van der Waals surface area contributed by atoms with Crippen molar-refractivity contribution in [1.82, 2.24) is 5.32 Å². The summed E-state index contributed by atoms with van der Waals surface area (Å²) in [5.41, 5.74) is 0. The summed E-state index contributed by atoms with van der Waals surface area (Å²) in [6.07, 6.45) is -3.35. The molecular weight excluding hydrogens is 830 g/mol. The van der Waals surface area contributed by atoms with Gasteiger partial charge in [-0.1, -0.05) is 102 Å². The summed E-state index contributed by atoms with van der Waals surface area (Å²) in [6, 6.07) is -0.979. The van der Waals surface area contributed by atoms with Crippen molar-refractivity contribution in [2.45, 2.75) is 221 Å². The summed E-state index contributed by atoms with van der Waals surface area (Å²) in [4.78, 5) is 13.1. The number of hydrogen-bond donors (Lipinski definition) is 12. The van der Waals surface area contributed by atoms with Crippen molar-refractivity contribution in [2.24, 2.45) is 0 Å². The van der Waals surface area contributed by atoms with Gasteiger partial charge in [-0.15, -0.1) is 0 Å². The molecule has 19 heteroatoms. The first kappa shape index (κ1) is 55.6. The van der Waals surface area contributed by atoms with Gasteiger partial charge >= 0.3 is 0 Å². The number of hydrogen-bond acceptors (Lipinski definition) is 18. The number of carbonyl (C=O) groups excluding carboxylic acids is 1. The first-order valence-electron chi connectivity index (χ1n) is 23.1. The second-order valence-electron chi connectivity index (χ2n) is 16.9. The van der Waals surface area contributed by atoms with Crippen molar-refractivity contribution in [3.8, 4) is 0 Å². The largest absolute Gasteiger partial charge is 0.394 e. The van der Waals surface area contributed by atoms with E-state index in [1.807, 2.05) is 6.08 Å². The number of aliphatic hydroxyl groups is 11. The Labute approximate surface area is 371 Å². The van der Waals surface area contributed by atoms with Crippen LogP contribution in [0.1, 0.15) is 117 Å². The Morgan fingerprint density at radius 2 is 1.02 bits per heavy atom. The third-order valence-corrected chi connectivity index (χ3v) is 11.8. The zero-order chi connectivity index (χ0) is 46.3. The fraction of sp³-hybridized carbons (Fsp3) is 0.886. The summed E-state index contributed by atoms with van der Waals surface area (Å²) >= 11 is 0. The maximum absolute atomic E-state index is 13.1. The van der Waals surface area contributed by atoms with Gasteiger partial charge in [-0.05, 0) is 32.1 Å². The Balaban J connectivity index is 1.62. The van der Waals surface area contributed by atoms with E-state index in [2.05, 4.69) is 31.3 Å². The first-order valence-corrected chi connectivity index (χ1v) is 23.1. The number of rotatable bonds is 30. The van der Waals surface area contributed by atoms with Crippen molar-refractivity contribution in [3.05, 3.63) is 24.3 Å². The maximum Gasteiger partial charge on any atom is 0.220 e. The fourth-order valence-electron chi connectivity index (χ4n) is 7.79. The number of aliphatic hydroxyl groups excluding tert-OH is 11. The highest BCUT2D eigenvalue weighted by Gasteiger charge is 2.53. The molecule has 0 radical (unpaired) electrons. The first-order chi connectivity index (χ1) is 30.3. The number of carbonyl (C=O) groups is 1. The SMILES string of the molecule is CCCCCC/C=C/CC/C=C/C(O)C(COC1OC(CO)C(OC2OC(CO)C(OC3OC(CO)C(O)C(O)C3O)C(O)C2O)C(O)C1O)NC(=O)CCCCCCCCCC. The van der Waals surface area contributed by atoms with E-state index in [0.29, 0.717) is 12.8 Å². The molecule has 19 nitrogen and oxygen atoms in total. The highest BCUT2D eigenvalue weighted by atomic mass is 16.8. The highest BCUT2D eigenvalue weighted by Crippen LogP contribution is 2.33. The highest BCUT2D eigenvalue weighted by molar-refractivity contribution is 5.76. The third-order valence-electron chi connectivity index (χ3n) is 11.8. The molecule has 3 aliphatic rings. The van der Waals surface area contributed by atoms with Crippen LogP contribution in [0.4, 0.5) is 0 Å². The van der Waals surface area contributed by atoms with E-state index in [-0.39, 0.29) is 18.9 Å². The number of nitrogens with one attached hydrogen (secondary N) is 1. The summed E-state index contributed by atoms with van der Waals surface area (Å²) in [5, 5.41) is 119. The van der Waals surface area contributed by atoms with Crippen molar-refractivity contribution >= 4 is 5.91 Å². The van der Waals surface area contributed by atoms with E-state index in [9.17, 15) is 61.0 Å². The van der Waals surface area contributed by atoms with Crippen LogP contribution in [0.15, 0.2) is 24.3 Å². The topological polar surface area (TPSA) is 307 Å². The van der Waals surface area contributed by atoms with Gasteiger partial charge in [0.15, 0.2) is 18.9 Å². The van der Waals surface area contributed by atoms with Crippen LogP contribution in [0, 0.1) is 0 Å². The van der Waals surface area contributed by atoms with E-state index in [1.165, 1.54) is 38.5 Å². The van der Waals surface area contributed by atoms with Gasteiger partial charge in [0.25, 0.3) is 0 Å². The summed E-state index contributed by atoms with van der Waals surface area (Å²) < 4.78 is 33.9. The van der Waals surface area contributed by atoms with Gasteiger partial charge in [0.05, 0.1) is 38.6 Å². The maximum atomic E-state index is 13.1. The molecule has 3 aliphatic heterocycles. The van der Waals surface area contributed by atoms with Crippen LogP contribution in [-0.2, 0) is 33.2 Å². The van der Waals surface area contributed by atoms with E-state index in [1.54, 1.807) is 6.08 Å². The minimum atomic E-state index is -1.98. The van der Waals surface area contributed by atoms with Gasteiger partial charge in [-0.3, -0.25) is 4.79 Å². The molecule has 3 heterocycles. The number of amides is 1. The monoisotopic (exact) mass is 910 g/mol. The van der Waals surface area contributed by atoms with Crippen molar-refractivity contribution < 1.29 is 89.4 Å². The Hall–Kier alpha value is -1.73. The van der Waals surface area contributed by atoms with Gasteiger partial charge in [0.2, 0.25) is 5.91 Å². The number of unbranched alkanes of at least 4 members (excludes halogenated alkanes) is 12. The molecule has 3 fully saturated rings. The van der Waals surface area contributed by atoms with Crippen LogP contribution in [-0.4, -0.2) is 193 Å². The molecule has 0 aromatic rings. The van der Waals surface area contributed by atoms with Gasteiger partial charge in [0.1, 0.15) is 73.2 Å². The predicted octanol–water partition coefficient (Wildman–Crippen LogP) is -0.309. The quantitative estimate of drug-likeness (QED) is 0.0325. The molecule has 63 heavy (non-hydrogen) atoms. The van der Waals surface area contributed by atoms with Crippen LogP contribution >= 0.6 is 0 Å². The molecule has 0 spiro atoms. The van der Waals surface area contributed by atoms with Crippen molar-refractivity contribution in [1.29, 1.82) is 0 Å². The molecular formula is C44H79NO18. The van der Waals surface area contributed by atoms with Gasteiger partial charge in [-0.2, -0.15) is 0 Å². The van der Waals surface area contributed by atoms with Crippen molar-refractivity contribution in [3.63, 3.8) is 0 Å². The standard InChI is InChI=1S/C44H79NO18/c1-3-5-7-9-11-13-14-15-17-19-21-28(49)27(45-32(50)22-20-18-16-12-10-8-6-4-2)26-58-42-38(56)35(53)40(30(24-47)60-42)63-44-39(57)36(54)41(31(25-48)61-44)62-43-37(55)34(52)33(51)29(23-46)59-43/h13-14,19,21,27-31,33-44,46-49,51-57H,3-12,15-18,20,22-26H2,1-2H3,(H,45,50)/b14-13+,21-19+. The molecule has 17 unspecified atom stereocenters. The van der Waals surface area contributed by atoms with Crippen LogP contribution in [0.2, 0.25) is 0 Å². The molecule has 17 atom stereocenters. The lowest BCUT2D eigenvalue weighted by Gasteiger charge is -2.48. The van der Waals surface area contributed by atoms with E-state index in [0.717, 1.165) is 44.9 Å². The molecule has 0 aromatic heterocycles. The van der Waals surface area contributed by atoms with E-state index >= 15 is 0 Å². The fourth-order valence-corrected chi connectivity index (χ4v) is 7.79. The Bertz CT molecular complexity index is 1280. The van der Waals surface area contributed by atoms with E-state index < -0.39 is 124 Å². The molecule has 3 saturated heterocycles. The second kappa shape index (κ2) is 30.5. The molecule has 1 amide bonds. The summed E-state index contributed by atoms with van der Waals surface area (Å²) in [7, 11) is 0. The lowest BCUT2D eigenvalue weighted by atomic mass is 9.96. The zero-order valence-electron chi connectivity index (χ0n) is 37.0. The predicted molar refractivity (Wildman–Crippen MR) is 226 cm³/mol. The Kier molecular flexibility index (Phi) is 26.9. The summed E-state index contributed by atoms with van der Waals surface area (Å²) in [5.74, 6) is -0.296. The number of allylic oxidation sites excluding steroid dienone is 3. The van der Waals surface area contributed by atoms with Crippen LogP contribution in [0.25, 0.3) is 0 Å². The summed E-state index contributed by atoms with van der Waals surface area (Å²) in [6.45, 7) is 1.55. The molecule has 0 aromatic carbocycles.